The number of imide groups is 1. The lowest BCUT2D eigenvalue weighted by atomic mass is 9.98. The molecule has 45 heavy (non-hydrogen) atoms. The van der Waals surface area contributed by atoms with Gasteiger partial charge < -0.3 is 20.0 Å². The highest BCUT2D eigenvalue weighted by Crippen LogP contribution is 2.44. The van der Waals surface area contributed by atoms with Crippen LogP contribution in [-0.2, 0) is 25.6 Å². The fourth-order valence-electron chi connectivity index (χ4n) is 5.34. The molecule has 6 rings (SSSR count). The third kappa shape index (κ3) is 6.42. The predicted octanol–water partition coefficient (Wildman–Crippen LogP) is 6.11. The van der Waals surface area contributed by atoms with E-state index < -0.39 is 23.9 Å². The molecule has 2 N–H and O–H groups in total. The van der Waals surface area contributed by atoms with Crippen molar-refractivity contribution < 1.29 is 33.9 Å². The van der Waals surface area contributed by atoms with Crippen molar-refractivity contribution in [1.82, 2.24) is 10.4 Å². The zero-order valence-corrected chi connectivity index (χ0v) is 24.0. The maximum atomic E-state index is 12.5. The highest BCUT2D eigenvalue weighted by Gasteiger charge is 2.33. The summed E-state index contributed by atoms with van der Waals surface area (Å²) in [6.07, 6.45) is -0.0280. The van der Waals surface area contributed by atoms with E-state index in [4.69, 9.17) is 9.57 Å². The van der Waals surface area contributed by atoms with Crippen molar-refractivity contribution in [2.75, 3.05) is 13.2 Å². The second-order valence-electron chi connectivity index (χ2n) is 10.5. The number of alkyl carbamates (subject to hydrolysis) is 1. The fraction of sp³-hybridized carbons (Fsp3) is 0.176. The number of hydrogen-bond acceptors (Lipinski definition) is 9. The van der Waals surface area contributed by atoms with Crippen LogP contribution in [0.3, 0.4) is 0 Å². The number of amides is 3. The molecule has 0 aromatic heterocycles. The van der Waals surface area contributed by atoms with E-state index in [9.17, 15) is 24.3 Å². The number of azo groups is 1. The van der Waals surface area contributed by atoms with Gasteiger partial charge in [0.1, 0.15) is 18.0 Å². The van der Waals surface area contributed by atoms with E-state index >= 15 is 0 Å². The average Bonchev–Trinajstić information content (AvgIpc) is 3.55. The van der Waals surface area contributed by atoms with Crippen molar-refractivity contribution in [3.63, 3.8) is 0 Å². The van der Waals surface area contributed by atoms with Crippen LogP contribution in [0.5, 0.6) is 5.75 Å². The second-order valence-corrected chi connectivity index (χ2v) is 10.5. The Balaban J connectivity index is 0.974. The summed E-state index contributed by atoms with van der Waals surface area (Å²) in [5, 5.41) is 21.9. The first-order valence-electron chi connectivity index (χ1n) is 14.4. The number of nitrogens with zero attached hydrogens (tertiary/aromatic N) is 3. The Hall–Kier alpha value is -5.84. The molecule has 0 atom stereocenters. The van der Waals surface area contributed by atoms with Crippen molar-refractivity contribution >= 4 is 35.3 Å². The Morgan fingerprint density at radius 2 is 1.49 bits per heavy atom. The molecule has 0 unspecified atom stereocenters. The van der Waals surface area contributed by atoms with Crippen LogP contribution in [0.25, 0.3) is 11.1 Å². The van der Waals surface area contributed by atoms with Crippen molar-refractivity contribution in [2.24, 2.45) is 10.2 Å². The lowest BCUT2D eigenvalue weighted by molar-refractivity contribution is -0.172. The number of phenolic OH excluding ortho intramolecular Hbond substituents is 1. The summed E-state index contributed by atoms with van der Waals surface area (Å²) >= 11 is 0. The molecule has 0 radical (unpaired) electrons. The van der Waals surface area contributed by atoms with Crippen molar-refractivity contribution in [2.45, 2.75) is 25.2 Å². The van der Waals surface area contributed by atoms with Gasteiger partial charge in [0, 0.05) is 25.3 Å². The van der Waals surface area contributed by atoms with Gasteiger partial charge in [0.05, 0.1) is 11.3 Å². The topological polar surface area (TPSA) is 147 Å². The van der Waals surface area contributed by atoms with Gasteiger partial charge in [0.2, 0.25) is 0 Å². The van der Waals surface area contributed by atoms with Crippen molar-refractivity contribution in [1.29, 1.82) is 0 Å². The quantitative estimate of drug-likeness (QED) is 0.173. The van der Waals surface area contributed by atoms with Crippen LogP contribution in [0, 0.1) is 0 Å². The number of rotatable bonds is 9. The van der Waals surface area contributed by atoms with Gasteiger partial charge in [-0.05, 0) is 70.6 Å². The van der Waals surface area contributed by atoms with Crippen LogP contribution in [0.2, 0.25) is 0 Å². The molecule has 226 valence electrons. The number of aromatic hydroxyl groups is 1. The predicted molar refractivity (Wildman–Crippen MR) is 162 cm³/mol. The number of fused-ring (bicyclic) bond motifs is 3. The van der Waals surface area contributed by atoms with Gasteiger partial charge in [-0.2, -0.15) is 5.11 Å². The zero-order chi connectivity index (χ0) is 31.3. The molecule has 3 amide bonds. The molecule has 2 aliphatic rings. The fourth-order valence-corrected chi connectivity index (χ4v) is 5.34. The molecule has 4 aromatic carbocycles. The number of hydroxylamine groups is 2. The molecular weight excluding hydrogens is 576 g/mol. The maximum absolute atomic E-state index is 12.5. The first kappa shape index (κ1) is 29.2. The minimum Gasteiger partial charge on any atom is -0.506 e. The molecule has 1 aliphatic heterocycles. The zero-order valence-electron chi connectivity index (χ0n) is 24.0. The van der Waals surface area contributed by atoms with Crippen molar-refractivity contribution in [3.05, 3.63) is 113 Å². The number of carbonyl (C=O) groups excluding carboxylic acids is 4. The van der Waals surface area contributed by atoms with E-state index in [-0.39, 0.29) is 42.4 Å². The van der Waals surface area contributed by atoms with Gasteiger partial charge in [-0.1, -0.05) is 54.6 Å². The molecular formula is C34H28N4O7. The Bertz CT molecular complexity index is 1760. The first-order chi connectivity index (χ1) is 21.9. The molecule has 0 spiro atoms. The van der Waals surface area contributed by atoms with Gasteiger partial charge in [-0.15, -0.1) is 10.2 Å². The molecule has 4 aromatic rings. The van der Waals surface area contributed by atoms with Crippen LogP contribution >= 0.6 is 0 Å². The minimum atomic E-state index is -0.844. The van der Waals surface area contributed by atoms with Crippen LogP contribution < -0.4 is 5.32 Å². The van der Waals surface area contributed by atoms with Gasteiger partial charge in [-0.3, -0.25) is 9.59 Å². The van der Waals surface area contributed by atoms with E-state index in [1.807, 2.05) is 24.3 Å². The molecule has 11 nitrogen and oxygen atoms in total. The number of nitrogens with one attached hydrogen (secondary N) is 1. The molecule has 1 heterocycles. The van der Waals surface area contributed by atoms with E-state index in [1.165, 1.54) is 24.3 Å². The van der Waals surface area contributed by atoms with Gasteiger partial charge in [0.25, 0.3) is 11.8 Å². The average molecular weight is 605 g/mol. The number of phenols is 1. The van der Waals surface area contributed by atoms with E-state index in [2.05, 4.69) is 39.8 Å². The maximum Gasteiger partial charge on any atom is 0.407 e. The molecule has 1 saturated heterocycles. The van der Waals surface area contributed by atoms with Gasteiger partial charge in [0.15, 0.2) is 0 Å². The monoisotopic (exact) mass is 604 g/mol. The summed E-state index contributed by atoms with van der Waals surface area (Å²) < 4.78 is 5.57. The standard InChI is InChI=1S/C34H28N4O7/c39-30-19-21(17-18-35-34(43)44-20-28-26-7-3-1-5-24(26)25-6-2-4-8-27(25)28)9-14-29(30)37-36-23-12-10-22(11-13-23)33(42)45-38-31(40)15-16-32(38)41/h1-14,19,28,39H,15-18,20H2,(H,35,43). The summed E-state index contributed by atoms with van der Waals surface area (Å²) in [4.78, 5) is 52.9. The third-order valence-electron chi connectivity index (χ3n) is 7.62. The summed E-state index contributed by atoms with van der Waals surface area (Å²) in [5.41, 5.74) is 6.16. The number of ether oxygens (including phenoxy) is 1. The summed E-state index contributed by atoms with van der Waals surface area (Å²) in [5.74, 6) is -2.07. The van der Waals surface area contributed by atoms with E-state index in [1.54, 1.807) is 18.2 Å². The minimum absolute atomic E-state index is 0.0114. The van der Waals surface area contributed by atoms with Crippen LogP contribution in [0.1, 0.15) is 45.8 Å². The molecule has 11 heteroatoms. The number of benzene rings is 4. The van der Waals surface area contributed by atoms with Crippen LogP contribution in [0.15, 0.2) is 101 Å². The Morgan fingerprint density at radius 3 is 2.13 bits per heavy atom. The summed E-state index contributed by atoms with van der Waals surface area (Å²) in [6, 6.07) is 27.1. The second kappa shape index (κ2) is 12.8. The largest absolute Gasteiger partial charge is 0.506 e. The first-order valence-corrected chi connectivity index (χ1v) is 14.4. The van der Waals surface area contributed by atoms with E-state index in [0.717, 1.165) is 27.8 Å². The molecule has 0 saturated carbocycles. The SMILES string of the molecule is O=C(NCCc1ccc(N=Nc2ccc(C(=O)ON3C(=O)CCC3=O)cc2)c(O)c1)OCC1c2ccccc2-c2ccccc21. The summed E-state index contributed by atoms with van der Waals surface area (Å²) in [7, 11) is 0. The van der Waals surface area contributed by atoms with Gasteiger partial charge >= 0.3 is 12.1 Å². The van der Waals surface area contributed by atoms with Gasteiger partial charge in [-0.25, -0.2) is 9.59 Å². The lowest BCUT2D eigenvalue weighted by Gasteiger charge is -2.14. The molecule has 1 fully saturated rings. The number of carbonyl (C=O) groups is 4. The Morgan fingerprint density at radius 1 is 0.844 bits per heavy atom. The van der Waals surface area contributed by atoms with Crippen molar-refractivity contribution in [3.8, 4) is 16.9 Å². The van der Waals surface area contributed by atoms with E-state index in [0.29, 0.717) is 23.7 Å². The van der Waals surface area contributed by atoms with Crippen LogP contribution in [-0.4, -0.2) is 47.2 Å². The molecule has 0 bridgehead atoms. The summed E-state index contributed by atoms with van der Waals surface area (Å²) in [6.45, 7) is 0.541. The normalized spacial score (nSPS) is 14.0. The smallest absolute Gasteiger partial charge is 0.407 e. The Kier molecular flexibility index (Phi) is 8.32. The Labute approximate surface area is 258 Å². The third-order valence-corrected chi connectivity index (χ3v) is 7.62. The lowest BCUT2D eigenvalue weighted by Crippen LogP contribution is -2.32. The highest BCUT2D eigenvalue weighted by atomic mass is 16.7. The highest BCUT2D eigenvalue weighted by molar-refractivity contribution is 6.02. The number of hydrogen-bond donors (Lipinski definition) is 2. The van der Waals surface area contributed by atoms with Crippen LogP contribution in [0.4, 0.5) is 16.2 Å². The molecule has 1 aliphatic carbocycles.